The largest absolute Gasteiger partial charge is 0.348 e. The molecule has 84 valence electrons. The van der Waals surface area contributed by atoms with Crippen LogP contribution in [0, 0.1) is 13.8 Å². The highest BCUT2D eigenvalue weighted by Gasteiger charge is 2.17. The molecule has 0 saturated heterocycles. The van der Waals surface area contributed by atoms with Crippen molar-refractivity contribution in [3.05, 3.63) is 15.6 Å². The van der Waals surface area contributed by atoms with Gasteiger partial charge in [0.15, 0.2) is 0 Å². The Balaban J connectivity index is 2.73. The van der Waals surface area contributed by atoms with Crippen LogP contribution in [0.25, 0.3) is 0 Å². The summed E-state index contributed by atoms with van der Waals surface area (Å²) < 4.78 is 0. The molecule has 0 saturated carbocycles. The van der Waals surface area contributed by atoms with Crippen molar-refractivity contribution in [2.24, 2.45) is 0 Å². The maximum absolute atomic E-state index is 11.5. The molecule has 1 aromatic heterocycles. The van der Waals surface area contributed by atoms with Crippen molar-refractivity contribution in [2.75, 3.05) is 0 Å². The first-order valence-electron chi connectivity index (χ1n) is 4.80. The second-order valence-corrected chi connectivity index (χ2v) is 6.14. The minimum absolute atomic E-state index is 0.00736. The molecule has 0 aliphatic rings. The van der Waals surface area contributed by atoms with Crippen molar-refractivity contribution in [1.82, 2.24) is 10.3 Å². The van der Waals surface area contributed by atoms with E-state index in [0.29, 0.717) is 0 Å². The number of amides is 1. The van der Waals surface area contributed by atoms with Gasteiger partial charge in [-0.05, 0) is 27.7 Å². The third-order valence-electron chi connectivity index (χ3n) is 2.05. The van der Waals surface area contributed by atoms with Gasteiger partial charge in [-0.2, -0.15) is 0 Å². The maximum Gasteiger partial charge on any atom is 0.233 e. The van der Waals surface area contributed by atoms with Crippen LogP contribution in [0.5, 0.6) is 0 Å². The van der Waals surface area contributed by atoms with Crippen LogP contribution in [0.2, 0.25) is 0 Å². The van der Waals surface area contributed by atoms with Crippen LogP contribution in [0.3, 0.4) is 0 Å². The van der Waals surface area contributed by atoms with Crippen LogP contribution < -0.4 is 5.32 Å². The smallest absolute Gasteiger partial charge is 0.233 e. The highest BCUT2D eigenvalue weighted by Crippen LogP contribution is 2.24. The molecule has 1 aromatic rings. The van der Waals surface area contributed by atoms with Gasteiger partial charge in [-0.15, -0.1) is 11.3 Å². The molecule has 1 amide bonds. The number of halogens is 1. The zero-order valence-corrected chi connectivity index (χ0v) is 11.7. The first-order valence-corrected chi connectivity index (χ1v) is 6.53. The molecule has 0 spiro atoms. The highest BCUT2D eigenvalue weighted by molar-refractivity contribution is 9.10. The number of thiazole rings is 1. The number of hydrogen-bond donors (Lipinski definition) is 1. The van der Waals surface area contributed by atoms with Gasteiger partial charge >= 0.3 is 0 Å². The zero-order valence-electron chi connectivity index (χ0n) is 9.30. The number of rotatable bonds is 3. The van der Waals surface area contributed by atoms with Crippen LogP contribution in [0.15, 0.2) is 0 Å². The van der Waals surface area contributed by atoms with Crippen LogP contribution in [-0.2, 0) is 4.79 Å². The normalized spacial score (nSPS) is 14.7. The SMILES string of the molecule is Cc1nc(C)c(C(C)NC(=O)C(C)Br)s1. The van der Waals surface area contributed by atoms with Crippen molar-refractivity contribution >= 4 is 33.2 Å². The standard InChI is InChI=1S/C10H15BrN2OS/c1-5(11)10(14)13-7(3)9-6(2)12-8(4)15-9/h5,7H,1-4H3,(H,13,14). The summed E-state index contributed by atoms with van der Waals surface area (Å²) in [6, 6.07) is 0.0312. The minimum Gasteiger partial charge on any atom is -0.348 e. The van der Waals surface area contributed by atoms with E-state index in [-0.39, 0.29) is 16.8 Å². The molecule has 15 heavy (non-hydrogen) atoms. The lowest BCUT2D eigenvalue weighted by atomic mass is 10.2. The topological polar surface area (TPSA) is 42.0 Å². The van der Waals surface area contributed by atoms with Gasteiger partial charge in [-0.25, -0.2) is 4.98 Å². The van der Waals surface area contributed by atoms with Crippen LogP contribution in [-0.4, -0.2) is 15.7 Å². The molecule has 5 heteroatoms. The molecule has 1 heterocycles. The summed E-state index contributed by atoms with van der Waals surface area (Å²) in [6.45, 7) is 7.74. The number of hydrogen-bond acceptors (Lipinski definition) is 3. The molecule has 0 aromatic carbocycles. The number of aromatic nitrogens is 1. The fourth-order valence-electron chi connectivity index (χ4n) is 1.34. The Kier molecular flexibility index (Phi) is 4.28. The minimum atomic E-state index is -0.158. The molecule has 3 nitrogen and oxygen atoms in total. The number of aryl methyl sites for hydroxylation is 2. The third-order valence-corrected chi connectivity index (χ3v) is 3.72. The molecule has 0 aliphatic heterocycles. The average molecular weight is 291 g/mol. The molecule has 0 radical (unpaired) electrons. The van der Waals surface area contributed by atoms with E-state index in [1.165, 1.54) is 0 Å². The summed E-state index contributed by atoms with van der Waals surface area (Å²) in [7, 11) is 0. The van der Waals surface area contributed by atoms with Gasteiger partial charge < -0.3 is 5.32 Å². The fourth-order valence-corrected chi connectivity index (χ4v) is 2.40. The molecule has 1 N–H and O–H groups in total. The van der Waals surface area contributed by atoms with E-state index in [1.54, 1.807) is 11.3 Å². The van der Waals surface area contributed by atoms with Gasteiger partial charge in [0.2, 0.25) is 5.91 Å². The molecule has 1 rings (SSSR count). The van der Waals surface area contributed by atoms with Crippen molar-refractivity contribution in [3.8, 4) is 0 Å². The van der Waals surface area contributed by atoms with E-state index < -0.39 is 0 Å². The second-order valence-electron chi connectivity index (χ2n) is 3.53. The molecular formula is C10H15BrN2OS. The molecule has 2 atom stereocenters. The number of carbonyl (C=O) groups excluding carboxylic acids is 1. The Labute approximate surface area is 102 Å². The van der Waals surface area contributed by atoms with Gasteiger partial charge in [-0.1, -0.05) is 15.9 Å². The Morgan fingerprint density at radius 3 is 2.47 bits per heavy atom. The summed E-state index contributed by atoms with van der Waals surface area (Å²) in [5.74, 6) is 0.00736. The zero-order chi connectivity index (χ0) is 11.6. The van der Waals surface area contributed by atoms with E-state index in [1.807, 2.05) is 27.7 Å². The first-order chi connectivity index (χ1) is 6.91. The van der Waals surface area contributed by atoms with E-state index in [9.17, 15) is 4.79 Å². The van der Waals surface area contributed by atoms with Crippen molar-refractivity contribution in [3.63, 3.8) is 0 Å². The summed E-state index contributed by atoms with van der Waals surface area (Å²) in [5.41, 5.74) is 1.01. The number of nitrogens with one attached hydrogen (secondary N) is 1. The Hall–Kier alpha value is -0.420. The molecular weight excluding hydrogens is 276 g/mol. The van der Waals surface area contributed by atoms with Crippen molar-refractivity contribution in [2.45, 2.75) is 38.6 Å². The second kappa shape index (κ2) is 5.07. The van der Waals surface area contributed by atoms with Gasteiger partial charge in [-0.3, -0.25) is 4.79 Å². The predicted octanol–water partition coefficient (Wildman–Crippen LogP) is 2.72. The van der Waals surface area contributed by atoms with E-state index in [4.69, 9.17) is 0 Å². The van der Waals surface area contributed by atoms with E-state index >= 15 is 0 Å². The lowest BCUT2D eigenvalue weighted by Gasteiger charge is -2.13. The predicted molar refractivity (Wildman–Crippen MR) is 66.5 cm³/mol. The third kappa shape index (κ3) is 3.28. The van der Waals surface area contributed by atoms with Crippen LogP contribution in [0.1, 0.15) is 35.5 Å². The van der Waals surface area contributed by atoms with Gasteiger partial charge in [0, 0.05) is 4.88 Å². The lowest BCUT2D eigenvalue weighted by Crippen LogP contribution is -2.31. The van der Waals surface area contributed by atoms with E-state index in [2.05, 4.69) is 26.2 Å². The summed E-state index contributed by atoms with van der Waals surface area (Å²) in [6.07, 6.45) is 0. The molecule has 0 fully saturated rings. The maximum atomic E-state index is 11.5. The number of nitrogens with zero attached hydrogens (tertiary/aromatic N) is 1. The van der Waals surface area contributed by atoms with Gasteiger partial charge in [0.05, 0.1) is 21.6 Å². The van der Waals surface area contributed by atoms with Crippen LogP contribution in [0.4, 0.5) is 0 Å². The average Bonchev–Trinajstić information content (AvgIpc) is 2.44. The first kappa shape index (κ1) is 12.6. The van der Waals surface area contributed by atoms with Crippen LogP contribution >= 0.6 is 27.3 Å². The summed E-state index contributed by atoms with van der Waals surface area (Å²) in [4.78, 5) is 16.8. The number of carbonyl (C=O) groups is 1. The Morgan fingerprint density at radius 2 is 2.07 bits per heavy atom. The number of alkyl halides is 1. The van der Waals surface area contributed by atoms with Gasteiger partial charge in [0.1, 0.15) is 0 Å². The monoisotopic (exact) mass is 290 g/mol. The van der Waals surface area contributed by atoms with E-state index in [0.717, 1.165) is 15.6 Å². The van der Waals surface area contributed by atoms with Crippen molar-refractivity contribution < 1.29 is 4.79 Å². The Bertz CT molecular complexity index is 362. The molecule has 0 aliphatic carbocycles. The fraction of sp³-hybridized carbons (Fsp3) is 0.600. The summed E-state index contributed by atoms with van der Waals surface area (Å²) >= 11 is 4.88. The van der Waals surface area contributed by atoms with Gasteiger partial charge in [0.25, 0.3) is 0 Å². The highest BCUT2D eigenvalue weighted by atomic mass is 79.9. The molecule has 2 unspecified atom stereocenters. The Morgan fingerprint density at radius 1 is 1.47 bits per heavy atom. The molecule has 0 bridgehead atoms. The lowest BCUT2D eigenvalue weighted by molar-refractivity contribution is -0.120. The van der Waals surface area contributed by atoms with Crippen molar-refractivity contribution in [1.29, 1.82) is 0 Å². The summed E-state index contributed by atoms with van der Waals surface area (Å²) in [5, 5.41) is 3.97. The quantitative estimate of drug-likeness (QED) is 0.870.